The second kappa shape index (κ2) is 5.55. The number of benzene rings is 2. The number of ether oxygens (including phenoxy) is 1. The number of aromatic amines is 1. The first-order valence-electron chi connectivity index (χ1n) is 6.71. The zero-order valence-electron chi connectivity index (χ0n) is 11.7. The van der Waals surface area contributed by atoms with Crippen LogP contribution in [0.15, 0.2) is 41.2 Å². The Kier molecular flexibility index (Phi) is 3.58. The number of para-hydroxylation sites is 1. The van der Waals surface area contributed by atoms with Crippen LogP contribution in [0.4, 0.5) is 8.78 Å². The summed E-state index contributed by atoms with van der Waals surface area (Å²) in [6, 6.07) is 9.08. The molecule has 1 N–H and O–H groups in total. The zero-order chi connectivity index (χ0) is 15.7. The summed E-state index contributed by atoms with van der Waals surface area (Å²) in [5.41, 5.74) is 0.373. The lowest BCUT2D eigenvalue weighted by molar-refractivity contribution is 0.314. The van der Waals surface area contributed by atoms with Gasteiger partial charge < -0.3 is 9.72 Å². The fourth-order valence-corrected chi connectivity index (χ4v) is 2.18. The predicted molar refractivity (Wildman–Crippen MR) is 78.9 cm³/mol. The summed E-state index contributed by atoms with van der Waals surface area (Å²) in [7, 11) is 0. The molecule has 0 aliphatic carbocycles. The van der Waals surface area contributed by atoms with E-state index in [0.717, 1.165) is 6.07 Å². The van der Waals surface area contributed by atoms with Crippen molar-refractivity contribution in [3.8, 4) is 17.1 Å². The Balaban J connectivity index is 2.21. The molecule has 0 radical (unpaired) electrons. The number of hydrogen-bond donors (Lipinski definition) is 1. The molecule has 0 saturated carbocycles. The highest BCUT2D eigenvalue weighted by Crippen LogP contribution is 2.27. The van der Waals surface area contributed by atoms with Gasteiger partial charge in [-0.3, -0.25) is 4.79 Å². The lowest BCUT2D eigenvalue weighted by atomic mass is 10.1. The van der Waals surface area contributed by atoms with Crippen LogP contribution in [-0.2, 0) is 0 Å². The van der Waals surface area contributed by atoms with E-state index in [2.05, 4.69) is 9.97 Å². The molecular formula is C16H12F2N2O2. The Bertz CT molecular complexity index is 906. The van der Waals surface area contributed by atoms with Gasteiger partial charge in [-0.1, -0.05) is 12.1 Å². The second-order valence-corrected chi connectivity index (χ2v) is 4.63. The Morgan fingerprint density at radius 2 is 2.00 bits per heavy atom. The molecule has 0 aliphatic heterocycles. The molecule has 0 atom stereocenters. The molecule has 0 bridgehead atoms. The van der Waals surface area contributed by atoms with Crippen LogP contribution >= 0.6 is 0 Å². The summed E-state index contributed by atoms with van der Waals surface area (Å²) in [5.74, 6) is -2.18. The first-order chi connectivity index (χ1) is 10.6. The molecule has 6 heteroatoms. The quantitative estimate of drug-likeness (QED) is 0.808. The van der Waals surface area contributed by atoms with Crippen LogP contribution in [0, 0.1) is 11.6 Å². The zero-order valence-corrected chi connectivity index (χ0v) is 11.7. The third-order valence-electron chi connectivity index (χ3n) is 3.18. The van der Waals surface area contributed by atoms with Gasteiger partial charge in [0, 0.05) is 5.56 Å². The SMILES string of the molecule is CCOc1cc(-c2nc3ccccc3c(=O)[nH]2)cc(F)c1F. The third-order valence-corrected chi connectivity index (χ3v) is 3.18. The van der Waals surface area contributed by atoms with Crippen molar-refractivity contribution in [2.75, 3.05) is 6.61 Å². The fraction of sp³-hybridized carbons (Fsp3) is 0.125. The minimum absolute atomic E-state index is 0.156. The molecule has 0 amide bonds. The highest BCUT2D eigenvalue weighted by molar-refractivity contribution is 5.79. The number of H-pyrrole nitrogens is 1. The van der Waals surface area contributed by atoms with Gasteiger partial charge in [0.2, 0.25) is 5.82 Å². The molecule has 3 rings (SSSR count). The molecule has 1 heterocycles. The Labute approximate surface area is 124 Å². The minimum atomic E-state index is -1.06. The van der Waals surface area contributed by atoms with Crippen LogP contribution in [0.25, 0.3) is 22.3 Å². The maximum Gasteiger partial charge on any atom is 0.259 e. The van der Waals surface area contributed by atoms with Gasteiger partial charge in [-0.25, -0.2) is 9.37 Å². The van der Waals surface area contributed by atoms with E-state index >= 15 is 0 Å². The lowest BCUT2D eigenvalue weighted by Gasteiger charge is -2.08. The summed E-state index contributed by atoms with van der Waals surface area (Å²) in [5, 5.41) is 0.430. The molecule has 0 unspecified atom stereocenters. The van der Waals surface area contributed by atoms with Gasteiger partial charge in [0.15, 0.2) is 11.6 Å². The summed E-state index contributed by atoms with van der Waals surface area (Å²) in [6.45, 7) is 1.86. The highest BCUT2D eigenvalue weighted by Gasteiger charge is 2.14. The fourth-order valence-electron chi connectivity index (χ4n) is 2.18. The average molecular weight is 302 g/mol. The van der Waals surface area contributed by atoms with Crippen molar-refractivity contribution in [2.24, 2.45) is 0 Å². The molecule has 1 aromatic heterocycles. The van der Waals surface area contributed by atoms with Gasteiger partial charge in [-0.05, 0) is 31.2 Å². The van der Waals surface area contributed by atoms with Gasteiger partial charge >= 0.3 is 0 Å². The number of hydrogen-bond acceptors (Lipinski definition) is 3. The van der Waals surface area contributed by atoms with E-state index in [0.29, 0.717) is 10.9 Å². The van der Waals surface area contributed by atoms with Crippen molar-refractivity contribution in [1.29, 1.82) is 0 Å². The maximum absolute atomic E-state index is 13.7. The summed E-state index contributed by atoms with van der Waals surface area (Å²) >= 11 is 0. The number of aromatic nitrogens is 2. The largest absolute Gasteiger partial charge is 0.491 e. The highest BCUT2D eigenvalue weighted by atomic mass is 19.2. The van der Waals surface area contributed by atoms with Gasteiger partial charge in [-0.15, -0.1) is 0 Å². The summed E-state index contributed by atoms with van der Waals surface area (Å²) < 4.78 is 32.4. The molecule has 112 valence electrons. The van der Waals surface area contributed by atoms with E-state index in [1.807, 2.05) is 0 Å². The van der Waals surface area contributed by atoms with E-state index in [1.165, 1.54) is 6.07 Å². The monoisotopic (exact) mass is 302 g/mol. The van der Waals surface area contributed by atoms with E-state index < -0.39 is 11.6 Å². The smallest absolute Gasteiger partial charge is 0.259 e. The lowest BCUT2D eigenvalue weighted by Crippen LogP contribution is -2.09. The van der Waals surface area contributed by atoms with Crippen molar-refractivity contribution in [3.63, 3.8) is 0 Å². The minimum Gasteiger partial charge on any atom is -0.491 e. The normalized spacial score (nSPS) is 10.9. The van der Waals surface area contributed by atoms with E-state index in [1.54, 1.807) is 31.2 Å². The Morgan fingerprint density at radius 1 is 1.23 bits per heavy atom. The summed E-state index contributed by atoms with van der Waals surface area (Å²) in [4.78, 5) is 18.9. The summed E-state index contributed by atoms with van der Waals surface area (Å²) in [6.07, 6.45) is 0. The molecule has 2 aromatic carbocycles. The second-order valence-electron chi connectivity index (χ2n) is 4.63. The molecule has 4 nitrogen and oxygen atoms in total. The Hall–Kier alpha value is -2.76. The number of nitrogens with zero attached hydrogens (tertiary/aromatic N) is 1. The van der Waals surface area contributed by atoms with Crippen LogP contribution in [0.2, 0.25) is 0 Å². The first-order valence-corrected chi connectivity index (χ1v) is 6.71. The van der Waals surface area contributed by atoms with Crippen LogP contribution < -0.4 is 10.3 Å². The van der Waals surface area contributed by atoms with Crippen molar-refractivity contribution < 1.29 is 13.5 Å². The van der Waals surface area contributed by atoms with Crippen molar-refractivity contribution in [3.05, 3.63) is 58.4 Å². The van der Waals surface area contributed by atoms with Crippen LogP contribution in [0.3, 0.4) is 0 Å². The molecule has 0 saturated heterocycles. The topological polar surface area (TPSA) is 55.0 Å². The third kappa shape index (κ3) is 2.43. The maximum atomic E-state index is 13.7. The standard InChI is InChI=1S/C16H12F2N2O2/c1-2-22-13-8-9(7-11(17)14(13)18)15-19-12-6-4-3-5-10(12)16(21)20-15/h3-8H,2H2,1H3,(H,19,20,21). The van der Waals surface area contributed by atoms with Gasteiger partial charge in [0.1, 0.15) is 5.82 Å². The number of nitrogens with one attached hydrogen (secondary N) is 1. The van der Waals surface area contributed by atoms with Gasteiger partial charge in [-0.2, -0.15) is 4.39 Å². The predicted octanol–water partition coefficient (Wildman–Crippen LogP) is 3.27. The number of rotatable bonds is 3. The molecular weight excluding hydrogens is 290 g/mol. The van der Waals surface area contributed by atoms with Crippen molar-refractivity contribution in [2.45, 2.75) is 6.92 Å². The van der Waals surface area contributed by atoms with Gasteiger partial charge in [0.05, 0.1) is 17.5 Å². The van der Waals surface area contributed by atoms with Gasteiger partial charge in [0.25, 0.3) is 5.56 Å². The van der Waals surface area contributed by atoms with Crippen molar-refractivity contribution >= 4 is 10.9 Å². The van der Waals surface area contributed by atoms with E-state index in [9.17, 15) is 13.6 Å². The molecule has 0 aliphatic rings. The molecule has 0 fully saturated rings. The average Bonchev–Trinajstić information content (AvgIpc) is 2.52. The van der Waals surface area contributed by atoms with Crippen LogP contribution in [-0.4, -0.2) is 16.6 Å². The number of fused-ring (bicyclic) bond motifs is 1. The van der Waals surface area contributed by atoms with E-state index in [-0.39, 0.29) is 29.3 Å². The molecule has 22 heavy (non-hydrogen) atoms. The Morgan fingerprint density at radius 3 is 2.77 bits per heavy atom. The van der Waals surface area contributed by atoms with Crippen LogP contribution in [0.1, 0.15) is 6.92 Å². The first kappa shape index (κ1) is 14.2. The number of halogens is 2. The molecule has 0 spiro atoms. The molecule has 3 aromatic rings. The van der Waals surface area contributed by atoms with Crippen molar-refractivity contribution in [1.82, 2.24) is 9.97 Å². The van der Waals surface area contributed by atoms with E-state index in [4.69, 9.17) is 4.74 Å². The van der Waals surface area contributed by atoms with Crippen LogP contribution in [0.5, 0.6) is 5.75 Å².